The van der Waals surface area contributed by atoms with Gasteiger partial charge in [0.25, 0.3) is 5.91 Å². The zero-order valence-corrected chi connectivity index (χ0v) is 13.2. The number of carbonyl (C=O) groups excluding carboxylic acids is 2. The van der Waals surface area contributed by atoms with Gasteiger partial charge in [-0.05, 0) is 37.3 Å². The van der Waals surface area contributed by atoms with Gasteiger partial charge in [0.15, 0.2) is 6.10 Å². The van der Waals surface area contributed by atoms with Crippen LogP contribution in [0.25, 0.3) is 0 Å². The van der Waals surface area contributed by atoms with Gasteiger partial charge in [0, 0.05) is 31.5 Å². The van der Waals surface area contributed by atoms with Crippen LogP contribution in [0.1, 0.15) is 31.2 Å². The van der Waals surface area contributed by atoms with Crippen molar-refractivity contribution in [2.75, 3.05) is 13.1 Å². The number of nitrogens with zero attached hydrogens (tertiary/aromatic N) is 1. The van der Waals surface area contributed by atoms with Crippen molar-refractivity contribution < 1.29 is 14.3 Å². The van der Waals surface area contributed by atoms with Gasteiger partial charge in [-0.15, -0.1) is 0 Å². The van der Waals surface area contributed by atoms with E-state index in [1.807, 2.05) is 29.2 Å². The summed E-state index contributed by atoms with van der Waals surface area (Å²) in [5.74, 6) is 1.11. The molecular weight excluding hydrogens is 292 g/mol. The second kappa shape index (κ2) is 5.87. The molecule has 1 aromatic carbocycles. The number of likely N-dealkylation sites (tertiary alicyclic amines) is 1. The first-order valence-corrected chi connectivity index (χ1v) is 8.54. The smallest absolute Gasteiger partial charge is 0.263 e. The van der Waals surface area contributed by atoms with E-state index >= 15 is 0 Å². The number of rotatable bonds is 3. The van der Waals surface area contributed by atoms with Gasteiger partial charge in [0.2, 0.25) is 5.91 Å². The Morgan fingerprint density at radius 2 is 1.83 bits per heavy atom. The van der Waals surface area contributed by atoms with E-state index in [0.29, 0.717) is 25.6 Å². The summed E-state index contributed by atoms with van der Waals surface area (Å²) in [5, 5.41) is 3.07. The maximum absolute atomic E-state index is 12.6. The van der Waals surface area contributed by atoms with Gasteiger partial charge < -0.3 is 15.0 Å². The zero-order valence-electron chi connectivity index (χ0n) is 13.2. The van der Waals surface area contributed by atoms with Crippen LogP contribution in [0.5, 0.6) is 5.75 Å². The predicted octanol–water partition coefficient (Wildman–Crippen LogP) is 1.51. The minimum atomic E-state index is -0.399. The molecule has 2 amide bonds. The number of nitrogens with one attached hydrogen (secondary N) is 1. The zero-order chi connectivity index (χ0) is 15.8. The molecule has 2 fully saturated rings. The van der Waals surface area contributed by atoms with Crippen LogP contribution in [0.15, 0.2) is 24.3 Å². The Bertz CT molecular complexity index is 593. The Kier molecular flexibility index (Phi) is 3.71. The summed E-state index contributed by atoms with van der Waals surface area (Å²) < 4.78 is 5.79. The molecule has 0 aromatic heterocycles. The summed E-state index contributed by atoms with van der Waals surface area (Å²) in [6.07, 6.45) is 3.99. The highest BCUT2D eigenvalue weighted by Gasteiger charge is 2.36. The van der Waals surface area contributed by atoms with Gasteiger partial charge >= 0.3 is 0 Å². The molecular formula is C18H22N2O3. The molecule has 1 atom stereocenters. The highest BCUT2D eigenvalue weighted by Crippen LogP contribution is 2.30. The van der Waals surface area contributed by atoms with Crippen molar-refractivity contribution in [2.45, 2.75) is 44.2 Å². The molecule has 0 unspecified atom stereocenters. The number of ether oxygens (including phenoxy) is 1. The summed E-state index contributed by atoms with van der Waals surface area (Å²) in [5.41, 5.74) is 1.10. The third kappa shape index (κ3) is 3.05. The number of fused-ring (bicyclic) bond motifs is 1. The summed E-state index contributed by atoms with van der Waals surface area (Å²) in [4.78, 5) is 26.6. The van der Waals surface area contributed by atoms with E-state index in [1.165, 1.54) is 0 Å². The predicted molar refractivity (Wildman–Crippen MR) is 85.0 cm³/mol. The van der Waals surface area contributed by atoms with Crippen molar-refractivity contribution in [1.82, 2.24) is 10.2 Å². The lowest BCUT2D eigenvalue weighted by molar-refractivity contribution is -0.141. The lowest BCUT2D eigenvalue weighted by Crippen LogP contribution is -2.47. The normalized spacial score (nSPS) is 24.0. The molecule has 1 N–H and O–H groups in total. The lowest BCUT2D eigenvalue weighted by atomic mass is 9.95. The van der Waals surface area contributed by atoms with Crippen molar-refractivity contribution >= 4 is 11.8 Å². The summed E-state index contributed by atoms with van der Waals surface area (Å²) in [6.45, 7) is 1.30. The molecule has 0 spiro atoms. The van der Waals surface area contributed by atoms with Crippen molar-refractivity contribution in [3.05, 3.63) is 29.8 Å². The number of hydrogen-bond donors (Lipinski definition) is 1. The highest BCUT2D eigenvalue weighted by atomic mass is 16.5. The second-order valence-corrected chi connectivity index (χ2v) is 6.80. The van der Waals surface area contributed by atoms with Crippen LogP contribution >= 0.6 is 0 Å². The van der Waals surface area contributed by atoms with Gasteiger partial charge in [-0.3, -0.25) is 9.59 Å². The molecule has 1 saturated heterocycles. The minimum absolute atomic E-state index is 0.0568. The van der Waals surface area contributed by atoms with Crippen LogP contribution < -0.4 is 10.1 Å². The molecule has 3 aliphatic rings. The average Bonchev–Trinajstić information content (AvgIpc) is 3.29. The molecule has 2 aliphatic heterocycles. The molecule has 23 heavy (non-hydrogen) atoms. The van der Waals surface area contributed by atoms with Gasteiger partial charge in [-0.2, -0.15) is 0 Å². The maximum Gasteiger partial charge on any atom is 0.263 e. The Morgan fingerprint density at radius 1 is 1.09 bits per heavy atom. The Balaban J connectivity index is 1.30. The quantitative estimate of drug-likeness (QED) is 0.920. The fourth-order valence-electron chi connectivity index (χ4n) is 3.43. The van der Waals surface area contributed by atoms with Crippen LogP contribution in [0, 0.1) is 5.92 Å². The third-order valence-electron chi connectivity index (χ3n) is 5.02. The van der Waals surface area contributed by atoms with Crippen LogP contribution in [-0.2, 0) is 16.0 Å². The Morgan fingerprint density at radius 3 is 2.52 bits per heavy atom. The molecule has 5 heteroatoms. The number of piperidine rings is 1. The SMILES string of the molecule is O=C(NC1CC1)C1CCN(C(=O)[C@@H]2Cc3ccccc3O2)CC1. The largest absolute Gasteiger partial charge is 0.480 e. The monoisotopic (exact) mass is 314 g/mol. The van der Waals surface area contributed by atoms with Gasteiger partial charge in [-0.25, -0.2) is 0 Å². The standard InChI is InChI=1S/C18H22N2O3/c21-17(19-14-5-6-14)12-7-9-20(10-8-12)18(22)16-11-13-3-1-2-4-15(13)23-16/h1-4,12,14,16H,5-11H2,(H,19,21)/t16-/m0/s1. The van der Waals surface area contributed by atoms with Crippen LogP contribution in [0.4, 0.5) is 0 Å². The summed E-state index contributed by atoms with van der Waals surface area (Å²) in [6, 6.07) is 8.23. The fraction of sp³-hybridized carbons (Fsp3) is 0.556. The second-order valence-electron chi connectivity index (χ2n) is 6.80. The van der Waals surface area contributed by atoms with Crippen molar-refractivity contribution in [2.24, 2.45) is 5.92 Å². The van der Waals surface area contributed by atoms with Crippen molar-refractivity contribution in [3.63, 3.8) is 0 Å². The first-order valence-electron chi connectivity index (χ1n) is 8.54. The van der Waals surface area contributed by atoms with Crippen molar-refractivity contribution in [1.29, 1.82) is 0 Å². The van der Waals surface area contributed by atoms with E-state index in [0.717, 1.165) is 37.0 Å². The number of hydrogen-bond acceptors (Lipinski definition) is 3. The summed E-state index contributed by atoms with van der Waals surface area (Å²) in [7, 11) is 0. The van der Waals surface area contributed by atoms with E-state index in [-0.39, 0.29) is 17.7 Å². The summed E-state index contributed by atoms with van der Waals surface area (Å²) >= 11 is 0. The highest BCUT2D eigenvalue weighted by molar-refractivity contribution is 5.83. The minimum Gasteiger partial charge on any atom is -0.480 e. The van der Waals surface area contributed by atoms with Gasteiger partial charge in [-0.1, -0.05) is 18.2 Å². The van der Waals surface area contributed by atoms with E-state index in [4.69, 9.17) is 4.74 Å². The molecule has 5 nitrogen and oxygen atoms in total. The van der Waals surface area contributed by atoms with Crippen LogP contribution in [-0.4, -0.2) is 41.9 Å². The number of carbonyl (C=O) groups is 2. The van der Waals surface area contributed by atoms with Crippen LogP contribution in [0.2, 0.25) is 0 Å². The Hall–Kier alpha value is -2.04. The number of para-hydroxylation sites is 1. The third-order valence-corrected chi connectivity index (χ3v) is 5.02. The molecule has 4 rings (SSSR count). The number of benzene rings is 1. The van der Waals surface area contributed by atoms with Crippen LogP contribution in [0.3, 0.4) is 0 Å². The molecule has 1 aliphatic carbocycles. The molecule has 1 aromatic rings. The van der Waals surface area contributed by atoms with E-state index in [2.05, 4.69) is 5.32 Å². The fourth-order valence-corrected chi connectivity index (χ4v) is 3.43. The maximum atomic E-state index is 12.6. The molecule has 0 bridgehead atoms. The van der Waals surface area contributed by atoms with Crippen molar-refractivity contribution in [3.8, 4) is 5.75 Å². The molecule has 1 saturated carbocycles. The van der Waals surface area contributed by atoms with E-state index in [9.17, 15) is 9.59 Å². The first-order chi connectivity index (χ1) is 11.2. The first kappa shape index (κ1) is 14.5. The topological polar surface area (TPSA) is 58.6 Å². The molecule has 2 heterocycles. The van der Waals surface area contributed by atoms with Gasteiger partial charge in [0.1, 0.15) is 5.75 Å². The van der Waals surface area contributed by atoms with E-state index < -0.39 is 6.10 Å². The average molecular weight is 314 g/mol. The molecule has 122 valence electrons. The molecule has 0 radical (unpaired) electrons. The van der Waals surface area contributed by atoms with Gasteiger partial charge in [0.05, 0.1) is 0 Å². The number of amides is 2. The van der Waals surface area contributed by atoms with E-state index in [1.54, 1.807) is 0 Å². The lowest BCUT2D eigenvalue weighted by Gasteiger charge is -2.32. The Labute approximate surface area is 136 Å².